The molecule has 23 heavy (non-hydrogen) atoms. The number of esters is 1. The lowest BCUT2D eigenvalue weighted by molar-refractivity contribution is -0.137. The summed E-state index contributed by atoms with van der Waals surface area (Å²) in [4.78, 5) is 23.2. The number of halogens is 2. The number of rotatable bonds is 4. The number of carbonyl (C=O) groups excluding carboxylic acids is 2. The van der Waals surface area contributed by atoms with Gasteiger partial charge in [0.1, 0.15) is 5.60 Å². The maximum Gasteiger partial charge on any atom is 0.412 e. The highest BCUT2D eigenvalue weighted by molar-refractivity contribution is 6.31. The molecule has 126 valence electrons. The summed E-state index contributed by atoms with van der Waals surface area (Å²) in [6.07, 6.45) is 1.50. The predicted octanol–water partition coefficient (Wildman–Crippen LogP) is 4.40. The fourth-order valence-electron chi connectivity index (χ4n) is 1.59. The van der Waals surface area contributed by atoms with Crippen LogP contribution in [0.5, 0.6) is 0 Å². The van der Waals surface area contributed by atoms with Gasteiger partial charge in [0.2, 0.25) is 0 Å². The third-order valence-electron chi connectivity index (χ3n) is 2.44. The summed E-state index contributed by atoms with van der Waals surface area (Å²) >= 11 is 5.74. The van der Waals surface area contributed by atoms with E-state index in [0.717, 1.165) is 6.08 Å². The zero-order valence-corrected chi connectivity index (χ0v) is 14.2. The van der Waals surface area contributed by atoms with E-state index in [1.165, 1.54) is 18.2 Å². The molecular weight excluding hydrogens is 325 g/mol. The zero-order valence-electron chi connectivity index (χ0n) is 13.4. The Hall–Kier alpha value is -2.08. The van der Waals surface area contributed by atoms with Crippen LogP contribution in [0.1, 0.15) is 33.3 Å². The monoisotopic (exact) mass is 343 g/mol. The van der Waals surface area contributed by atoms with Gasteiger partial charge in [-0.05, 0) is 45.9 Å². The Bertz CT molecular complexity index is 623. The van der Waals surface area contributed by atoms with Crippen LogP contribution in [0.2, 0.25) is 5.02 Å². The highest BCUT2D eigenvalue weighted by Crippen LogP contribution is 2.27. The van der Waals surface area contributed by atoms with Crippen molar-refractivity contribution in [2.75, 3.05) is 11.9 Å². The second-order valence-corrected chi connectivity index (χ2v) is 5.94. The molecule has 0 bridgehead atoms. The Kier molecular flexibility index (Phi) is 6.57. The van der Waals surface area contributed by atoms with Gasteiger partial charge in [0.15, 0.2) is 5.82 Å². The van der Waals surface area contributed by atoms with Crippen LogP contribution in [0, 0.1) is 5.82 Å². The van der Waals surface area contributed by atoms with Gasteiger partial charge >= 0.3 is 12.1 Å². The molecule has 7 heteroatoms. The molecule has 0 atom stereocenters. The molecule has 1 rings (SSSR count). The average molecular weight is 344 g/mol. The maximum absolute atomic E-state index is 14.2. The van der Waals surface area contributed by atoms with Gasteiger partial charge in [-0.3, -0.25) is 5.32 Å². The molecule has 0 spiro atoms. The molecule has 1 amide bonds. The minimum absolute atomic E-state index is 0.0450. The fraction of sp³-hybridized carbons (Fsp3) is 0.375. The van der Waals surface area contributed by atoms with Crippen molar-refractivity contribution in [2.45, 2.75) is 33.3 Å². The van der Waals surface area contributed by atoms with E-state index >= 15 is 0 Å². The van der Waals surface area contributed by atoms with Gasteiger partial charge in [0, 0.05) is 11.6 Å². The lowest BCUT2D eigenvalue weighted by Gasteiger charge is -2.20. The Labute approximate surface area is 139 Å². The molecule has 0 fully saturated rings. The van der Waals surface area contributed by atoms with Gasteiger partial charge < -0.3 is 9.47 Å². The highest BCUT2D eigenvalue weighted by Gasteiger charge is 2.18. The van der Waals surface area contributed by atoms with Crippen LogP contribution >= 0.6 is 11.6 Å². The molecule has 0 aliphatic heterocycles. The van der Waals surface area contributed by atoms with E-state index in [9.17, 15) is 14.0 Å². The van der Waals surface area contributed by atoms with Crippen molar-refractivity contribution in [1.82, 2.24) is 0 Å². The van der Waals surface area contributed by atoms with E-state index in [0.29, 0.717) is 0 Å². The third-order valence-corrected chi connectivity index (χ3v) is 2.73. The normalized spacial score (nSPS) is 11.4. The number of benzene rings is 1. The molecular formula is C16H19ClFNO4. The first-order valence-corrected chi connectivity index (χ1v) is 7.34. The van der Waals surface area contributed by atoms with Crippen LogP contribution in [0.3, 0.4) is 0 Å². The number of hydrogen-bond donors (Lipinski definition) is 1. The maximum atomic E-state index is 14.2. The number of anilines is 1. The van der Waals surface area contributed by atoms with Crippen molar-refractivity contribution < 1.29 is 23.5 Å². The van der Waals surface area contributed by atoms with E-state index in [2.05, 4.69) is 5.32 Å². The average Bonchev–Trinajstić information content (AvgIpc) is 2.40. The summed E-state index contributed by atoms with van der Waals surface area (Å²) in [5.74, 6) is -1.39. The molecule has 1 aromatic carbocycles. The van der Waals surface area contributed by atoms with E-state index in [1.807, 2.05) is 0 Å². The SMILES string of the molecule is CCOC(=O)C=Cc1c(NC(=O)OC(C)(C)C)ccc(Cl)c1F. The van der Waals surface area contributed by atoms with Crippen LogP contribution in [0.4, 0.5) is 14.9 Å². The molecule has 0 radical (unpaired) electrons. The van der Waals surface area contributed by atoms with Crippen molar-refractivity contribution >= 4 is 35.4 Å². The van der Waals surface area contributed by atoms with Crippen molar-refractivity contribution in [1.29, 1.82) is 0 Å². The van der Waals surface area contributed by atoms with Gasteiger partial charge in [-0.25, -0.2) is 14.0 Å². The van der Waals surface area contributed by atoms with Crippen LogP contribution < -0.4 is 5.32 Å². The zero-order chi connectivity index (χ0) is 17.6. The van der Waals surface area contributed by atoms with Crippen LogP contribution in [0.15, 0.2) is 18.2 Å². The van der Waals surface area contributed by atoms with Gasteiger partial charge in [-0.2, -0.15) is 0 Å². The molecule has 0 unspecified atom stereocenters. The van der Waals surface area contributed by atoms with Crippen molar-refractivity contribution in [2.24, 2.45) is 0 Å². The first-order valence-electron chi connectivity index (χ1n) is 6.97. The minimum atomic E-state index is -0.763. The van der Waals surface area contributed by atoms with Gasteiger partial charge in [0.05, 0.1) is 17.3 Å². The summed E-state index contributed by atoms with van der Waals surface area (Å²) in [5.41, 5.74) is -0.617. The van der Waals surface area contributed by atoms with E-state index in [-0.39, 0.29) is 22.9 Å². The molecule has 0 saturated heterocycles. The fourth-order valence-corrected chi connectivity index (χ4v) is 1.76. The largest absolute Gasteiger partial charge is 0.463 e. The number of amides is 1. The third kappa shape index (κ3) is 6.28. The quantitative estimate of drug-likeness (QED) is 0.650. The predicted molar refractivity (Wildman–Crippen MR) is 86.9 cm³/mol. The van der Waals surface area contributed by atoms with Crippen LogP contribution in [0.25, 0.3) is 6.08 Å². The lowest BCUT2D eigenvalue weighted by Crippen LogP contribution is -2.27. The Morgan fingerprint density at radius 2 is 2.00 bits per heavy atom. The summed E-state index contributed by atoms with van der Waals surface area (Å²) < 4.78 is 24.0. The number of nitrogens with one attached hydrogen (secondary N) is 1. The summed E-state index contributed by atoms with van der Waals surface area (Å²) in [5, 5.41) is 2.29. The van der Waals surface area contributed by atoms with Gasteiger partial charge in [0.25, 0.3) is 0 Å². The second-order valence-electron chi connectivity index (χ2n) is 5.53. The molecule has 0 aliphatic carbocycles. The van der Waals surface area contributed by atoms with Crippen LogP contribution in [-0.4, -0.2) is 24.3 Å². The highest BCUT2D eigenvalue weighted by atomic mass is 35.5. The first kappa shape index (κ1) is 19.0. The smallest absolute Gasteiger partial charge is 0.412 e. The summed E-state index contributed by atoms with van der Waals surface area (Å²) in [6.45, 7) is 6.97. The Balaban J connectivity index is 3.06. The summed E-state index contributed by atoms with van der Waals surface area (Å²) in [7, 11) is 0. The first-order chi connectivity index (χ1) is 10.6. The molecule has 0 saturated carbocycles. The molecule has 0 heterocycles. The topological polar surface area (TPSA) is 64.6 Å². The number of hydrogen-bond acceptors (Lipinski definition) is 4. The lowest BCUT2D eigenvalue weighted by atomic mass is 10.1. The molecule has 1 aromatic rings. The summed E-state index contributed by atoms with van der Waals surface area (Å²) in [6, 6.07) is 2.71. The van der Waals surface area contributed by atoms with E-state index in [1.54, 1.807) is 27.7 Å². The van der Waals surface area contributed by atoms with Crippen molar-refractivity contribution in [3.8, 4) is 0 Å². The molecule has 1 N–H and O–H groups in total. The van der Waals surface area contributed by atoms with Gasteiger partial charge in [-0.1, -0.05) is 11.6 Å². The van der Waals surface area contributed by atoms with Crippen molar-refractivity contribution in [3.05, 3.63) is 34.6 Å². The second kappa shape index (κ2) is 7.97. The Morgan fingerprint density at radius 1 is 1.35 bits per heavy atom. The molecule has 5 nitrogen and oxygen atoms in total. The number of carbonyl (C=O) groups is 2. The van der Waals surface area contributed by atoms with Gasteiger partial charge in [-0.15, -0.1) is 0 Å². The number of ether oxygens (including phenoxy) is 2. The van der Waals surface area contributed by atoms with E-state index < -0.39 is 23.5 Å². The van der Waals surface area contributed by atoms with Crippen molar-refractivity contribution in [3.63, 3.8) is 0 Å². The molecule has 0 aromatic heterocycles. The standard InChI is InChI=1S/C16H19ClFNO4/c1-5-22-13(20)9-6-10-12(8-7-11(17)14(10)18)19-15(21)23-16(2,3)4/h6-9H,5H2,1-4H3,(H,19,21). The van der Waals surface area contributed by atoms with E-state index in [4.69, 9.17) is 21.1 Å². The Morgan fingerprint density at radius 3 is 2.57 bits per heavy atom. The minimum Gasteiger partial charge on any atom is -0.463 e. The van der Waals surface area contributed by atoms with Crippen LogP contribution in [-0.2, 0) is 14.3 Å². The molecule has 0 aliphatic rings.